The predicted octanol–water partition coefficient (Wildman–Crippen LogP) is 2.03. The van der Waals surface area contributed by atoms with E-state index in [0.717, 1.165) is 11.5 Å². The fourth-order valence-electron chi connectivity index (χ4n) is 2.53. The SMILES string of the molecule is CCOC(=O)N1CCN(C(=NC)NCc2ccc(C#N)cc2)CC1.I. The van der Waals surface area contributed by atoms with Crippen molar-refractivity contribution < 1.29 is 9.53 Å². The van der Waals surface area contributed by atoms with Crippen LogP contribution in [0.1, 0.15) is 18.1 Å². The Labute approximate surface area is 165 Å². The van der Waals surface area contributed by atoms with Crippen LogP contribution in [-0.4, -0.2) is 61.7 Å². The van der Waals surface area contributed by atoms with E-state index < -0.39 is 0 Å². The molecule has 0 atom stereocenters. The second kappa shape index (κ2) is 10.8. The number of nitrogens with zero attached hydrogens (tertiary/aromatic N) is 4. The van der Waals surface area contributed by atoms with Gasteiger partial charge >= 0.3 is 6.09 Å². The number of carbonyl (C=O) groups excluding carboxylic acids is 1. The first-order chi connectivity index (χ1) is 11.7. The molecule has 1 aliphatic heterocycles. The maximum absolute atomic E-state index is 11.7. The van der Waals surface area contributed by atoms with Crippen LogP contribution in [-0.2, 0) is 11.3 Å². The number of halogens is 1. The minimum absolute atomic E-state index is 0. The lowest BCUT2D eigenvalue weighted by atomic mass is 10.1. The summed E-state index contributed by atoms with van der Waals surface area (Å²) in [7, 11) is 1.75. The van der Waals surface area contributed by atoms with Crippen LogP contribution in [0.15, 0.2) is 29.3 Å². The third kappa shape index (κ3) is 6.08. The first-order valence-corrected chi connectivity index (χ1v) is 8.04. The van der Waals surface area contributed by atoms with E-state index in [9.17, 15) is 4.79 Å². The molecular weight excluding hydrogens is 433 g/mol. The van der Waals surface area contributed by atoms with Gasteiger partial charge in [0.05, 0.1) is 18.2 Å². The van der Waals surface area contributed by atoms with Crippen LogP contribution < -0.4 is 5.32 Å². The molecule has 8 heteroatoms. The zero-order valence-corrected chi connectivity index (χ0v) is 16.9. The van der Waals surface area contributed by atoms with Gasteiger partial charge in [-0.2, -0.15) is 5.26 Å². The fourth-order valence-corrected chi connectivity index (χ4v) is 2.53. The monoisotopic (exact) mass is 457 g/mol. The summed E-state index contributed by atoms with van der Waals surface area (Å²) in [5.74, 6) is 0.808. The Bertz CT molecular complexity index is 619. The first kappa shape index (κ1) is 21.0. The summed E-state index contributed by atoms with van der Waals surface area (Å²) in [4.78, 5) is 19.9. The Morgan fingerprint density at radius 3 is 2.36 bits per heavy atom. The molecule has 0 radical (unpaired) electrons. The highest BCUT2D eigenvalue weighted by Gasteiger charge is 2.23. The van der Waals surface area contributed by atoms with Crippen molar-refractivity contribution in [3.05, 3.63) is 35.4 Å². The summed E-state index contributed by atoms with van der Waals surface area (Å²) in [5, 5.41) is 12.1. The van der Waals surface area contributed by atoms with Crippen molar-refractivity contribution in [2.24, 2.45) is 4.99 Å². The molecule has 0 unspecified atom stereocenters. The molecule has 1 aliphatic rings. The van der Waals surface area contributed by atoms with Crippen LogP contribution >= 0.6 is 24.0 Å². The number of benzene rings is 1. The van der Waals surface area contributed by atoms with E-state index in [1.54, 1.807) is 24.1 Å². The highest BCUT2D eigenvalue weighted by molar-refractivity contribution is 14.0. The lowest BCUT2D eigenvalue weighted by molar-refractivity contribution is 0.0914. The predicted molar refractivity (Wildman–Crippen MR) is 107 cm³/mol. The summed E-state index contributed by atoms with van der Waals surface area (Å²) in [6.07, 6.45) is -0.252. The second-order valence-electron chi connectivity index (χ2n) is 5.38. The molecule has 1 amide bonds. The molecule has 0 bridgehead atoms. The standard InChI is InChI=1S/C17H23N5O2.HI/c1-3-24-17(23)22-10-8-21(9-11-22)16(19-2)20-13-15-6-4-14(12-18)5-7-15;/h4-7H,3,8-11,13H2,1-2H3,(H,19,20);1H. The Balaban J connectivity index is 0.00000312. The topological polar surface area (TPSA) is 81.0 Å². The van der Waals surface area contributed by atoms with Crippen molar-refractivity contribution in [2.75, 3.05) is 39.8 Å². The molecule has 1 fully saturated rings. The summed E-state index contributed by atoms with van der Waals surface area (Å²) in [5.41, 5.74) is 1.73. The number of nitrogens with one attached hydrogen (secondary N) is 1. The zero-order chi connectivity index (χ0) is 17.4. The molecule has 1 aromatic rings. The molecule has 0 aromatic heterocycles. The molecule has 1 N–H and O–H groups in total. The number of rotatable bonds is 3. The highest BCUT2D eigenvalue weighted by Crippen LogP contribution is 2.06. The van der Waals surface area contributed by atoms with Gasteiger partial charge in [-0.1, -0.05) is 12.1 Å². The van der Waals surface area contributed by atoms with Gasteiger partial charge in [-0.25, -0.2) is 4.79 Å². The number of hydrogen-bond acceptors (Lipinski definition) is 4. The minimum atomic E-state index is -0.252. The zero-order valence-electron chi connectivity index (χ0n) is 14.6. The van der Waals surface area contributed by atoms with E-state index in [0.29, 0.717) is 44.9 Å². The Morgan fingerprint density at radius 1 is 1.24 bits per heavy atom. The molecule has 0 saturated carbocycles. The quantitative estimate of drug-likeness (QED) is 0.427. The number of ether oxygens (including phenoxy) is 1. The molecule has 136 valence electrons. The van der Waals surface area contributed by atoms with Gasteiger partial charge in [0, 0.05) is 39.8 Å². The van der Waals surface area contributed by atoms with Crippen LogP contribution in [0, 0.1) is 11.3 Å². The third-order valence-corrected chi connectivity index (χ3v) is 3.85. The van der Waals surface area contributed by atoms with Gasteiger partial charge in [0.15, 0.2) is 5.96 Å². The molecule has 7 nitrogen and oxygen atoms in total. The van der Waals surface area contributed by atoms with Gasteiger partial charge in [0.25, 0.3) is 0 Å². The molecule has 0 aliphatic carbocycles. The van der Waals surface area contributed by atoms with Gasteiger partial charge in [-0.3, -0.25) is 4.99 Å². The van der Waals surface area contributed by atoms with Crippen LogP contribution in [0.5, 0.6) is 0 Å². The number of guanidine groups is 1. The van der Waals surface area contributed by atoms with E-state index in [1.165, 1.54) is 0 Å². The van der Waals surface area contributed by atoms with Crippen molar-refractivity contribution >= 4 is 36.0 Å². The van der Waals surface area contributed by atoms with Crippen LogP contribution in [0.2, 0.25) is 0 Å². The lowest BCUT2D eigenvalue weighted by Crippen LogP contribution is -2.53. The molecule has 2 rings (SSSR count). The highest BCUT2D eigenvalue weighted by atomic mass is 127. The molecule has 1 heterocycles. The maximum atomic E-state index is 11.7. The smallest absolute Gasteiger partial charge is 0.409 e. The molecule has 1 saturated heterocycles. The largest absolute Gasteiger partial charge is 0.450 e. The van der Waals surface area contributed by atoms with E-state index in [4.69, 9.17) is 10.00 Å². The van der Waals surface area contributed by atoms with E-state index in [-0.39, 0.29) is 30.1 Å². The second-order valence-corrected chi connectivity index (χ2v) is 5.38. The van der Waals surface area contributed by atoms with Crippen LogP contribution in [0.3, 0.4) is 0 Å². The Kier molecular flexibility index (Phi) is 9.05. The fraction of sp³-hybridized carbons (Fsp3) is 0.471. The summed E-state index contributed by atoms with van der Waals surface area (Å²) < 4.78 is 5.03. The van der Waals surface area contributed by atoms with E-state index in [2.05, 4.69) is 21.3 Å². The first-order valence-electron chi connectivity index (χ1n) is 8.04. The normalized spacial score (nSPS) is 14.4. The number of piperazine rings is 1. The number of carbonyl (C=O) groups is 1. The third-order valence-electron chi connectivity index (χ3n) is 3.85. The van der Waals surface area contributed by atoms with E-state index >= 15 is 0 Å². The average Bonchev–Trinajstić information content (AvgIpc) is 2.63. The summed E-state index contributed by atoms with van der Waals surface area (Å²) in [6.45, 7) is 5.51. The maximum Gasteiger partial charge on any atom is 0.409 e. The molecule has 0 spiro atoms. The van der Waals surface area contributed by atoms with Gasteiger partial charge in [-0.15, -0.1) is 24.0 Å². The van der Waals surface area contributed by atoms with Gasteiger partial charge < -0.3 is 19.9 Å². The Hall–Kier alpha value is -2.02. The van der Waals surface area contributed by atoms with Crippen LogP contribution in [0.4, 0.5) is 4.79 Å². The van der Waals surface area contributed by atoms with Crippen molar-refractivity contribution in [3.8, 4) is 6.07 Å². The minimum Gasteiger partial charge on any atom is -0.450 e. The van der Waals surface area contributed by atoms with E-state index in [1.807, 2.05) is 19.1 Å². The molecule has 1 aromatic carbocycles. The van der Waals surface area contributed by atoms with Crippen molar-refractivity contribution in [2.45, 2.75) is 13.5 Å². The van der Waals surface area contributed by atoms with Crippen LogP contribution in [0.25, 0.3) is 0 Å². The van der Waals surface area contributed by atoms with Crippen molar-refractivity contribution in [1.82, 2.24) is 15.1 Å². The number of amides is 1. The molecule has 25 heavy (non-hydrogen) atoms. The summed E-state index contributed by atoms with van der Waals surface area (Å²) in [6, 6.07) is 9.57. The molecular formula is C17H24IN5O2. The van der Waals surface area contributed by atoms with Crippen molar-refractivity contribution in [1.29, 1.82) is 5.26 Å². The van der Waals surface area contributed by atoms with Gasteiger partial charge in [0.2, 0.25) is 0 Å². The number of aliphatic imine (C=N–C) groups is 1. The number of nitriles is 1. The Morgan fingerprint density at radius 2 is 1.84 bits per heavy atom. The average molecular weight is 457 g/mol. The number of hydrogen-bond donors (Lipinski definition) is 1. The van der Waals surface area contributed by atoms with Gasteiger partial charge in [-0.05, 0) is 24.6 Å². The van der Waals surface area contributed by atoms with Crippen molar-refractivity contribution in [3.63, 3.8) is 0 Å². The lowest BCUT2D eigenvalue weighted by Gasteiger charge is -2.35. The van der Waals surface area contributed by atoms with Gasteiger partial charge in [0.1, 0.15) is 0 Å². The summed E-state index contributed by atoms with van der Waals surface area (Å²) >= 11 is 0.